The number of carbonyl (C=O) groups is 1. The monoisotopic (exact) mass is 464 g/mol. The van der Waals surface area contributed by atoms with E-state index in [4.69, 9.17) is 0 Å². The van der Waals surface area contributed by atoms with E-state index in [1.165, 1.54) is 30.3 Å². The first kappa shape index (κ1) is 18.1. The minimum absolute atomic E-state index is 0.0234. The predicted octanol–water partition coefficient (Wildman–Crippen LogP) is 3.27. The summed E-state index contributed by atoms with van der Waals surface area (Å²) < 4.78 is 40.4. The number of hydrogen-bond donors (Lipinski definition) is 2. The Morgan fingerprint density at radius 3 is 2.35 bits per heavy atom. The van der Waals surface area contributed by atoms with Gasteiger partial charge >= 0.3 is 0 Å². The van der Waals surface area contributed by atoms with Crippen LogP contribution in [0.1, 0.15) is 0 Å². The first-order valence-electron chi connectivity index (χ1n) is 6.28. The second-order valence-electron chi connectivity index (χ2n) is 4.45. The van der Waals surface area contributed by atoms with Crippen molar-refractivity contribution in [2.75, 3.05) is 11.9 Å². The Labute approximate surface area is 149 Å². The van der Waals surface area contributed by atoms with Gasteiger partial charge in [0.15, 0.2) is 0 Å². The van der Waals surface area contributed by atoms with Gasteiger partial charge in [0, 0.05) is 14.6 Å². The molecule has 23 heavy (non-hydrogen) atoms. The molecule has 0 saturated carbocycles. The highest BCUT2D eigenvalue weighted by Crippen LogP contribution is 2.25. The Balaban J connectivity index is 2.01. The Morgan fingerprint density at radius 1 is 1.09 bits per heavy atom. The lowest BCUT2D eigenvalue weighted by atomic mass is 10.3. The van der Waals surface area contributed by atoms with Crippen molar-refractivity contribution in [2.45, 2.75) is 4.90 Å². The average molecular weight is 466 g/mol. The molecule has 2 N–H and O–H groups in total. The normalized spacial score (nSPS) is 11.3. The maximum Gasteiger partial charge on any atom is 0.242 e. The third-order valence-electron chi connectivity index (χ3n) is 2.73. The number of anilines is 1. The SMILES string of the molecule is O=C(CNS(=O)(=O)c1ccc(Br)cc1Br)Nc1ccc(F)cc1. The van der Waals surface area contributed by atoms with Crippen LogP contribution in [0.5, 0.6) is 0 Å². The molecule has 0 atom stereocenters. The van der Waals surface area contributed by atoms with Crippen LogP contribution < -0.4 is 10.0 Å². The second kappa shape index (κ2) is 7.52. The molecule has 2 rings (SSSR count). The lowest BCUT2D eigenvalue weighted by Crippen LogP contribution is -2.33. The van der Waals surface area contributed by atoms with E-state index in [0.29, 0.717) is 10.2 Å². The summed E-state index contributed by atoms with van der Waals surface area (Å²) >= 11 is 6.40. The molecule has 0 saturated heterocycles. The van der Waals surface area contributed by atoms with Crippen molar-refractivity contribution in [3.63, 3.8) is 0 Å². The fraction of sp³-hybridized carbons (Fsp3) is 0.0714. The van der Waals surface area contributed by atoms with Gasteiger partial charge in [-0.1, -0.05) is 15.9 Å². The standard InChI is InChI=1S/C14H11Br2FN2O3S/c15-9-1-6-13(12(16)7-9)23(21,22)18-8-14(20)19-11-4-2-10(17)3-5-11/h1-7,18H,8H2,(H,19,20). The van der Waals surface area contributed by atoms with Crippen LogP contribution in [-0.4, -0.2) is 20.9 Å². The van der Waals surface area contributed by atoms with E-state index < -0.39 is 28.3 Å². The minimum atomic E-state index is -3.84. The zero-order valence-electron chi connectivity index (χ0n) is 11.5. The molecule has 0 aliphatic carbocycles. The number of carbonyl (C=O) groups excluding carboxylic acids is 1. The molecule has 0 fully saturated rings. The lowest BCUT2D eigenvalue weighted by Gasteiger charge is -2.09. The van der Waals surface area contributed by atoms with Gasteiger partial charge in [-0.25, -0.2) is 17.5 Å². The zero-order chi connectivity index (χ0) is 17.0. The van der Waals surface area contributed by atoms with Gasteiger partial charge in [0.1, 0.15) is 5.82 Å². The molecule has 2 aromatic rings. The molecule has 0 spiro atoms. The van der Waals surface area contributed by atoms with Crippen LogP contribution in [-0.2, 0) is 14.8 Å². The van der Waals surface area contributed by atoms with Crippen LogP contribution in [0.3, 0.4) is 0 Å². The molecule has 0 aliphatic rings. The number of hydrogen-bond acceptors (Lipinski definition) is 3. The van der Waals surface area contributed by atoms with Gasteiger partial charge in [-0.15, -0.1) is 0 Å². The first-order valence-corrected chi connectivity index (χ1v) is 9.35. The van der Waals surface area contributed by atoms with Gasteiger partial charge < -0.3 is 5.32 Å². The van der Waals surface area contributed by atoms with E-state index in [-0.39, 0.29) is 4.90 Å². The molecule has 0 aliphatic heterocycles. The summed E-state index contributed by atoms with van der Waals surface area (Å²) in [5.74, 6) is -0.989. The van der Waals surface area contributed by atoms with Gasteiger partial charge in [0.05, 0.1) is 11.4 Å². The Bertz CT molecular complexity index is 826. The lowest BCUT2D eigenvalue weighted by molar-refractivity contribution is -0.115. The van der Waals surface area contributed by atoms with Crippen LogP contribution in [0.15, 0.2) is 56.3 Å². The third kappa shape index (κ3) is 5.10. The van der Waals surface area contributed by atoms with Crippen LogP contribution in [0.2, 0.25) is 0 Å². The zero-order valence-corrected chi connectivity index (χ0v) is 15.5. The number of amides is 1. The molecule has 0 bridgehead atoms. The average Bonchev–Trinajstić information content (AvgIpc) is 2.47. The number of sulfonamides is 1. The molecular formula is C14H11Br2FN2O3S. The molecule has 122 valence electrons. The maximum atomic E-state index is 12.8. The van der Waals surface area contributed by atoms with E-state index in [2.05, 4.69) is 41.9 Å². The number of benzene rings is 2. The summed E-state index contributed by atoms with van der Waals surface area (Å²) in [7, 11) is -3.84. The van der Waals surface area contributed by atoms with Gasteiger partial charge in [-0.2, -0.15) is 0 Å². The van der Waals surface area contributed by atoms with Gasteiger partial charge in [0.25, 0.3) is 0 Å². The fourth-order valence-corrected chi connectivity index (χ4v) is 4.40. The van der Waals surface area contributed by atoms with Gasteiger partial charge in [0.2, 0.25) is 15.9 Å². The van der Waals surface area contributed by atoms with Crippen LogP contribution in [0.4, 0.5) is 10.1 Å². The summed E-state index contributed by atoms with van der Waals surface area (Å²) in [6.07, 6.45) is 0. The van der Waals surface area contributed by atoms with Crippen molar-refractivity contribution in [1.29, 1.82) is 0 Å². The Kier molecular flexibility index (Phi) is 5.90. The van der Waals surface area contributed by atoms with Crippen LogP contribution >= 0.6 is 31.9 Å². The largest absolute Gasteiger partial charge is 0.325 e. The quantitative estimate of drug-likeness (QED) is 0.711. The minimum Gasteiger partial charge on any atom is -0.325 e. The smallest absolute Gasteiger partial charge is 0.242 e. The summed E-state index contributed by atoms with van der Waals surface area (Å²) in [4.78, 5) is 11.8. The van der Waals surface area contributed by atoms with Crippen LogP contribution in [0, 0.1) is 5.82 Å². The molecule has 9 heteroatoms. The third-order valence-corrected chi connectivity index (χ3v) is 5.61. The number of nitrogens with one attached hydrogen (secondary N) is 2. The highest BCUT2D eigenvalue weighted by atomic mass is 79.9. The van der Waals surface area contributed by atoms with Crippen molar-refractivity contribution in [3.8, 4) is 0 Å². The molecule has 2 aromatic carbocycles. The van der Waals surface area contributed by atoms with E-state index in [1.54, 1.807) is 12.1 Å². The maximum absolute atomic E-state index is 12.8. The van der Waals surface area contributed by atoms with E-state index in [1.807, 2.05) is 0 Å². The van der Waals surface area contributed by atoms with Crippen molar-refractivity contribution in [1.82, 2.24) is 4.72 Å². The first-order chi connectivity index (χ1) is 10.8. The summed E-state index contributed by atoms with van der Waals surface area (Å²) in [5, 5.41) is 2.47. The van der Waals surface area contributed by atoms with Crippen LogP contribution in [0.25, 0.3) is 0 Å². The van der Waals surface area contributed by atoms with E-state index in [0.717, 1.165) is 4.47 Å². The Morgan fingerprint density at radius 2 is 1.74 bits per heavy atom. The molecule has 1 amide bonds. The molecular weight excluding hydrogens is 455 g/mol. The molecule has 0 radical (unpaired) electrons. The topological polar surface area (TPSA) is 75.3 Å². The van der Waals surface area contributed by atoms with Crippen molar-refractivity contribution >= 4 is 53.5 Å². The van der Waals surface area contributed by atoms with Gasteiger partial charge in [-0.3, -0.25) is 4.79 Å². The summed E-state index contributed by atoms with van der Waals surface area (Å²) in [6.45, 7) is -0.442. The molecule has 0 aromatic heterocycles. The summed E-state index contributed by atoms with van der Waals surface area (Å²) in [5.41, 5.74) is 0.375. The second-order valence-corrected chi connectivity index (χ2v) is 7.96. The highest BCUT2D eigenvalue weighted by molar-refractivity contribution is 9.11. The fourth-order valence-electron chi connectivity index (χ4n) is 1.67. The van der Waals surface area contributed by atoms with Crippen molar-refractivity contribution in [2.24, 2.45) is 0 Å². The Hall–Kier alpha value is -1.29. The van der Waals surface area contributed by atoms with Crippen molar-refractivity contribution in [3.05, 3.63) is 57.2 Å². The van der Waals surface area contributed by atoms with Crippen molar-refractivity contribution < 1.29 is 17.6 Å². The van der Waals surface area contributed by atoms with E-state index >= 15 is 0 Å². The number of halogens is 3. The number of rotatable bonds is 5. The van der Waals surface area contributed by atoms with E-state index in [9.17, 15) is 17.6 Å². The highest BCUT2D eigenvalue weighted by Gasteiger charge is 2.18. The molecule has 0 heterocycles. The summed E-state index contributed by atoms with van der Waals surface area (Å²) in [6, 6.07) is 9.73. The van der Waals surface area contributed by atoms with Gasteiger partial charge in [-0.05, 0) is 58.4 Å². The molecule has 5 nitrogen and oxygen atoms in total. The predicted molar refractivity (Wildman–Crippen MR) is 92.1 cm³/mol. The molecule has 0 unspecified atom stereocenters.